The minimum absolute atomic E-state index is 0.293. The van der Waals surface area contributed by atoms with E-state index < -0.39 is 0 Å². The van der Waals surface area contributed by atoms with Crippen molar-refractivity contribution in [2.24, 2.45) is 5.92 Å². The van der Waals surface area contributed by atoms with Gasteiger partial charge >= 0.3 is 0 Å². The van der Waals surface area contributed by atoms with Crippen LogP contribution in [-0.2, 0) is 0 Å². The van der Waals surface area contributed by atoms with Crippen LogP contribution in [0.1, 0.15) is 38.5 Å². The van der Waals surface area contributed by atoms with Gasteiger partial charge in [-0.1, -0.05) is 6.42 Å². The fourth-order valence-electron chi connectivity index (χ4n) is 3.61. The Morgan fingerprint density at radius 1 is 1.18 bits per heavy atom. The maximum atomic E-state index is 10.3. The third kappa shape index (κ3) is 2.51. The zero-order chi connectivity index (χ0) is 11.9. The summed E-state index contributed by atoms with van der Waals surface area (Å²) in [4.78, 5) is 4.97. The van der Waals surface area contributed by atoms with Crippen LogP contribution in [-0.4, -0.2) is 59.8 Å². The maximum absolute atomic E-state index is 10.3. The van der Waals surface area contributed by atoms with E-state index in [1.54, 1.807) is 0 Å². The van der Waals surface area contributed by atoms with E-state index in [4.69, 9.17) is 0 Å². The molecule has 98 valence electrons. The predicted molar refractivity (Wildman–Crippen MR) is 69.0 cm³/mol. The predicted octanol–water partition coefficient (Wildman–Crippen LogP) is 1.32. The number of hydrogen-bond acceptors (Lipinski definition) is 3. The highest BCUT2D eigenvalue weighted by molar-refractivity contribution is 5.05. The second-order valence-electron chi connectivity index (χ2n) is 6.51. The fourth-order valence-corrected chi connectivity index (χ4v) is 3.61. The molecular formula is C14H26N2O. The first kappa shape index (κ1) is 11.9. The summed E-state index contributed by atoms with van der Waals surface area (Å²) in [5.41, 5.74) is -0.293. The van der Waals surface area contributed by atoms with Gasteiger partial charge in [-0.15, -0.1) is 0 Å². The molecule has 0 spiro atoms. The number of hydrogen-bond donors (Lipinski definition) is 1. The van der Waals surface area contributed by atoms with E-state index in [9.17, 15) is 5.11 Å². The second kappa shape index (κ2) is 4.52. The van der Waals surface area contributed by atoms with Gasteiger partial charge in [0.1, 0.15) is 0 Å². The monoisotopic (exact) mass is 238 g/mol. The van der Waals surface area contributed by atoms with Crippen molar-refractivity contribution in [1.82, 2.24) is 9.80 Å². The molecule has 3 nitrogen and oxygen atoms in total. The Bertz CT molecular complexity index is 271. The average Bonchev–Trinajstić information content (AvgIpc) is 3.08. The molecule has 3 fully saturated rings. The van der Waals surface area contributed by atoms with Gasteiger partial charge in [-0.25, -0.2) is 0 Å². The minimum Gasteiger partial charge on any atom is -0.387 e. The van der Waals surface area contributed by atoms with Crippen molar-refractivity contribution in [3.63, 3.8) is 0 Å². The first-order chi connectivity index (χ1) is 8.17. The van der Waals surface area contributed by atoms with E-state index in [2.05, 4.69) is 16.8 Å². The Morgan fingerprint density at radius 3 is 2.59 bits per heavy atom. The van der Waals surface area contributed by atoms with Gasteiger partial charge in [-0.3, -0.25) is 4.90 Å². The molecule has 1 aliphatic carbocycles. The molecule has 0 radical (unpaired) electrons. The largest absolute Gasteiger partial charge is 0.387 e. The average molecular weight is 238 g/mol. The van der Waals surface area contributed by atoms with E-state index >= 15 is 0 Å². The van der Waals surface area contributed by atoms with Gasteiger partial charge in [0.05, 0.1) is 5.60 Å². The lowest BCUT2D eigenvalue weighted by Gasteiger charge is -2.48. The normalized spacial score (nSPS) is 34.6. The third-order valence-corrected chi connectivity index (χ3v) is 5.03. The van der Waals surface area contributed by atoms with Crippen LogP contribution in [0.3, 0.4) is 0 Å². The van der Waals surface area contributed by atoms with E-state index in [1.807, 2.05) is 0 Å². The standard InChI is InChI=1S/C14H26N2O/c1-15-8-3-2-4-13(15)7-9-16-10-14(17,11-16)12-5-6-12/h12-13,17H,2-11H2,1H3. The lowest BCUT2D eigenvalue weighted by molar-refractivity contribution is -0.114. The van der Waals surface area contributed by atoms with E-state index in [0.29, 0.717) is 5.92 Å². The van der Waals surface area contributed by atoms with E-state index in [-0.39, 0.29) is 5.60 Å². The number of rotatable bonds is 4. The Balaban J connectivity index is 1.38. The molecule has 2 aliphatic heterocycles. The van der Waals surface area contributed by atoms with Crippen molar-refractivity contribution in [2.45, 2.75) is 50.2 Å². The first-order valence-electron chi connectivity index (χ1n) is 7.32. The van der Waals surface area contributed by atoms with Gasteiger partial charge in [0.15, 0.2) is 0 Å². The summed E-state index contributed by atoms with van der Waals surface area (Å²) < 4.78 is 0. The molecule has 1 unspecified atom stereocenters. The number of β-amino-alcohol motifs (C(OH)–C–C–N with tert-alkyl or cyclic N) is 1. The molecule has 2 heterocycles. The van der Waals surface area contributed by atoms with Crippen molar-refractivity contribution >= 4 is 0 Å². The zero-order valence-corrected chi connectivity index (χ0v) is 11.1. The van der Waals surface area contributed by atoms with Crippen LogP contribution in [0.25, 0.3) is 0 Å². The SMILES string of the molecule is CN1CCCCC1CCN1CC(O)(C2CC2)C1. The molecule has 0 aromatic rings. The Labute approximate surface area is 105 Å². The number of aliphatic hydroxyl groups is 1. The summed E-state index contributed by atoms with van der Waals surface area (Å²) in [6, 6.07) is 0.790. The topological polar surface area (TPSA) is 26.7 Å². The maximum Gasteiger partial charge on any atom is 0.0928 e. The number of likely N-dealkylation sites (tertiary alicyclic amines) is 2. The van der Waals surface area contributed by atoms with Crippen molar-refractivity contribution in [2.75, 3.05) is 33.2 Å². The summed E-state index contributed by atoms with van der Waals surface area (Å²) in [7, 11) is 2.26. The third-order valence-electron chi connectivity index (χ3n) is 5.03. The molecule has 0 amide bonds. The molecule has 2 saturated heterocycles. The summed E-state index contributed by atoms with van der Waals surface area (Å²) in [5, 5.41) is 10.3. The second-order valence-corrected chi connectivity index (χ2v) is 6.51. The van der Waals surface area contributed by atoms with Gasteiger partial charge in [-0.05, 0) is 58.2 Å². The highest BCUT2D eigenvalue weighted by Crippen LogP contribution is 2.44. The minimum atomic E-state index is -0.293. The van der Waals surface area contributed by atoms with Crippen molar-refractivity contribution in [3.05, 3.63) is 0 Å². The van der Waals surface area contributed by atoms with Crippen molar-refractivity contribution in [1.29, 1.82) is 0 Å². The van der Waals surface area contributed by atoms with Crippen LogP contribution < -0.4 is 0 Å². The molecular weight excluding hydrogens is 212 g/mol. The Morgan fingerprint density at radius 2 is 1.94 bits per heavy atom. The summed E-state index contributed by atoms with van der Waals surface area (Å²) >= 11 is 0. The Hall–Kier alpha value is -0.120. The van der Waals surface area contributed by atoms with Gasteiger partial charge in [-0.2, -0.15) is 0 Å². The molecule has 17 heavy (non-hydrogen) atoms. The van der Waals surface area contributed by atoms with Crippen molar-refractivity contribution < 1.29 is 5.11 Å². The zero-order valence-electron chi connectivity index (χ0n) is 11.1. The number of piperidine rings is 1. The molecule has 0 aromatic heterocycles. The highest BCUT2D eigenvalue weighted by atomic mass is 16.3. The lowest BCUT2D eigenvalue weighted by atomic mass is 9.88. The van der Waals surface area contributed by atoms with Crippen LogP contribution in [0.2, 0.25) is 0 Å². The molecule has 1 saturated carbocycles. The molecule has 0 aromatic carbocycles. The number of nitrogens with zero attached hydrogens (tertiary/aromatic N) is 2. The summed E-state index contributed by atoms with van der Waals surface area (Å²) in [5.74, 6) is 0.635. The van der Waals surface area contributed by atoms with Crippen molar-refractivity contribution in [3.8, 4) is 0 Å². The quantitative estimate of drug-likeness (QED) is 0.800. The van der Waals surface area contributed by atoms with Crippen LogP contribution in [0.5, 0.6) is 0 Å². The molecule has 1 N–H and O–H groups in total. The molecule has 0 bridgehead atoms. The molecule has 3 rings (SSSR count). The van der Waals surface area contributed by atoms with E-state index in [1.165, 1.54) is 51.6 Å². The van der Waals surface area contributed by atoms with Gasteiger partial charge in [0, 0.05) is 19.1 Å². The van der Waals surface area contributed by atoms with E-state index in [0.717, 1.165) is 19.1 Å². The van der Waals surface area contributed by atoms with Crippen LogP contribution >= 0.6 is 0 Å². The molecule has 1 atom stereocenters. The van der Waals surface area contributed by atoms with Crippen LogP contribution in [0.4, 0.5) is 0 Å². The first-order valence-corrected chi connectivity index (χ1v) is 7.32. The van der Waals surface area contributed by atoms with Gasteiger partial charge in [0.2, 0.25) is 0 Å². The Kier molecular flexibility index (Phi) is 3.18. The molecule has 3 aliphatic rings. The van der Waals surface area contributed by atoms with Gasteiger partial charge < -0.3 is 10.0 Å². The lowest BCUT2D eigenvalue weighted by Crippen LogP contribution is -2.63. The fraction of sp³-hybridized carbons (Fsp3) is 1.00. The summed E-state index contributed by atoms with van der Waals surface area (Å²) in [6.45, 7) is 4.34. The smallest absolute Gasteiger partial charge is 0.0928 e. The summed E-state index contributed by atoms with van der Waals surface area (Å²) in [6.07, 6.45) is 7.96. The highest BCUT2D eigenvalue weighted by Gasteiger charge is 2.51. The van der Waals surface area contributed by atoms with Crippen LogP contribution in [0, 0.1) is 5.92 Å². The van der Waals surface area contributed by atoms with Gasteiger partial charge in [0.25, 0.3) is 0 Å². The molecule has 3 heteroatoms. The van der Waals surface area contributed by atoms with Crippen LogP contribution in [0.15, 0.2) is 0 Å².